The minimum Gasteiger partial charge on any atom is -0.317 e. The van der Waals surface area contributed by atoms with Gasteiger partial charge in [0.05, 0.1) is 0 Å². The van der Waals surface area contributed by atoms with E-state index in [0.717, 1.165) is 25.1 Å². The van der Waals surface area contributed by atoms with Crippen LogP contribution < -0.4 is 5.32 Å². The molecule has 1 unspecified atom stereocenters. The summed E-state index contributed by atoms with van der Waals surface area (Å²) in [6.45, 7) is 1.73. The first kappa shape index (κ1) is 10.6. The van der Waals surface area contributed by atoms with Crippen LogP contribution in [-0.4, -0.2) is 23.7 Å². The van der Waals surface area contributed by atoms with Crippen LogP contribution in [0, 0.1) is 0 Å². The van der Waals surface area contributed by atoms with E-state index in [-0.39, 0.29) is 0 Å². The van der Waals surface area contributed by atoms with Crippen LogP contribution in [0.3, 0.4) is 0 Å². The van der Waals surface area contributed by atoms with Crippen LogP contribution in [0.2, 0.25) is 0 Å². The Morgan fingerprint density at radius 1 is 1.40 bits per heavy atom. The predicted octanol–water partition coefficient (Wildman–Crippen LogP) is 2.11. The first-order valence-electron chi connectivity index (χ1n) is 5.57. The number of hydrogen-bond donors (Lipinski definition) is 1. The van der Waals surface area contributed by atoms with Crippen LogP contribution in [-0.2, 0) is 6.42 Å². The quantitative estimate of drug-likeness (QED) is 0.805. The number of alkyl halides is 1. The molecule has 2 heterocycles. The Balaban J connectivity index is 2.02. The predicted molar refractivity (Wildman–Crippen MR) is 58.5 cm³/mol. The van der Waals surface area contributed by atoms with Gasteiger partial charge in [0.25, 0.3) is 0 Å². The third kappa shape index (κ3) is 2.99. The molecule has 15 heavy (non-hydrogen) atoms. The van der Waals surface area contributed by atoms with Crippen molar-refractivity contribution >= 4 is 0 Å². The molecule has 0 aliphatic carbocycles. The van der Waals surface area contributed by atoms with Crippen molar-refractivity contribution in [3.63, 3.8) is 0 Å². The maximum atomic E-state index is 14.5. The molecule has 1 aromatic heterocycles. The van der Waals surface area contributed by atoms with Crippen molar-refractivity contribution < 1.29 is 4.39 Å². The van der Waals surface area contributed by atoms with Gasteiger partial charge in [-0.05, 0) is 44.0 Å². The summed E-state index contributed by atoms with van der Waals surface area (Å²) in [5, 5.41) is 3.23. The average Bonchev–Trinajstić information content (AvgIpc) is 2.45. The molecule has 0 bridgehead atoms. The third-order valence-corrected chi connectivity index (χ3v) is 2.97. The van der Waals surface area contributed by atoms with E-state index >= 15 is 0 Å². The Hall–Kier alpha value is -0.960. The minimum absolute atomic E-state index is 0.502. The Labute approximate surface area is 89.9 Å². The summed E-state index contributed by atoms with van der Waals surface area (Å²) < 4.78 is 14.5. The molecule has 0 radical (unpaired) electrons. The van der Waals surface area contributed by atoms with E-state index in [1.54, 1.807) is 12.4 Å². The molecule has 1 aliphatic heterocycles. The summed E-state index contributed by atoms with van der Waals surface area (Å²) in [6.07, 6.45) is 6.19. The lowest BCUT2D eigenvalue weighted by Gasteiger charge is -2.22. The highest BCUT2D eigenvalue weighted by Gasteiger charge is 2.30. The highest BCUT2D eigenvalue weighted by molar-refractivity contribution is 5.12. The molecule has 1 fully saturated rings. The van der Waals surface area contributed by atoms with E-state index in [0.29, 0.717) is 19.3 Å². The van der Waals surface area contributed by atoms with Crippen molar-refractivity contribution in [1.82, 2.24) is 10.3 Å². The van der Waals surface area contributed by atoms with Crippen molar-refractivity contribution in [2.24, 2.45) is 0 Å². The van der Waals surface area contributed by atoms with E-state index < -0.39 is 5.67 Å². The molecule has 1 aromatic rings. The maximum Gasteiger partial charge on any atom is 0.116 e. The molecule has 0 amide bonds. The molecule has 0 aromatic carbocycles. The first-order chi connectivity index (χ1) is 7.29. The summed E-state index contributed by atoms with van der Waals surface area (Å²) >= 11 is 0. The van der Waals surface area contributed by atoms with E-state index in [9.17, 15) is 4.39 Å². The van der Waals surface area contributed by atoms with Crippen LogP contribution in [0.4, 0.5) is 4.39 Å². The van der Waals surface area contributed by atoms with Crippen molar-refractivity contribution in [3.8, 4) is 0 Å². The minimum atomic E-state index is -1.04. The lowest BCUT2D eigenvalue weighted by molar-refractivity contribution is 0.144. The summed E-state index contributed by atoms with van der Waals surface area (Å²) in [7, 11) is 0. The van der Waals surface area contributed by atoms with Crippen LogP contribution in [0.5, 0.6) is 0 Å². The summed E-state index contributed by atoms with van der Waals surface area (Å²) in [6, 6.07) is 3.82. The number of rotatable bonds is 2. The first-order valence-corrected chi connectivity index (χ1v) is 5.57. The zero-order valence-electron chi connectivity index (χ0n) is 8.88. The van der Waals surface area contributed by atoms with Gasteiger partial charge in [-0.3, -0.25) is 4.98 Å². The fraction of sp³-hybridized carbons (Fsp3) is 0.583. The fourth-order valence-electron chi connectivity index (χ4n) is 2.14. The van der Waals surface area contributed by atoms with E-state index in [1.165, 1.54) is 0 Å². The zero-order valence-corrected chi connectivity index (χ0v) is 8.88. The third-order valence-electron chi connectivity index (χ3n) is 2.97. The molecule has 3 heteroatoms. The number of halogens is 1. The average molecular weight is 208 g/mol. The van der Waals surface area contributed by atoms with Crippen LogP contribution >= 0.6 is 0 Å². The second-order valence-corrected chi connectivity index (χ2v) is 4.29. The van der Waals surface area contributed by atoms with Gasteiger partial charge in [-0.2, -0.15) is 0 Å². The van der Waals surface area contributed by atoms with Crippen molar-refractivity contribution in [1.29, 1.82) is 0 Å². The molecule has 82 valence electrons. The van der Waals surface area contributed by atoms with Gasteiger partial charge in [0.2, 0.25) is 0 Å². The van der Waals surface area contributed by atoms with Gasteiger partial charge in [-0.15, -0.1) is 0 Å². The van der Waals surface area contributed by atoms with Crippen molar-refractivity contribution in [2.45, 2.75) is 31.4 Å². The largest absolute Gasteiger partial charge is 0.317 e. The van der Waals surface area contributed by atoms with Gasteiger partial charge in [0, 0.05) is 18.8 Å². The highest BCUT2D eigenvalue weighted by Crippen LogP contribution is 2.28. The highest BCUT2D eigenvalue weighted by atomic mass is 19.1. The standard InChI is InChI=1S/C12H17FN2/c13-12(4-2-7-14-8-5-12)9-11-3-1-6-15-10-11/h1,3,6,10,14H,2,4-5,7-9H2. The number of hydrogen-bond acceptors (Lipinski definition) is 2. The maximum absolute atomic E-state index is 14.5. The number of pyridine rings is 1. The molecular formula is C12H17FN2. The summed E-state index contributed by atoms with van der Waals surface area (Å²) in [5.41, 5.74) is -0.0334. The summed E-state index contributed by atoms with van der Waals surface area (Å²) in [4.78, 5) is 4.02. The van der Waals surface area contributed by atoms with Crippen molar-refractivity contribution in [2.75, 3.05) is 13.1 Å². The molecule has 1 atom stereocenters. The van der Waals surface area contributed by atoms with E-state index in [1.807, 2.05) is 12.1 Å². The topological polar surface area (TPSA) is 24.9 Å². The van der Waals surface area contributed by atoms with E-state index in [4.69, 9.17) is 0 Å². The Morgan fingerprint density at radius 2 is 2.33 bits per heavy atom. The number of nitrogens with one attached hydrogen (secondary N) is 1. The van der Waals surface area contributed by atoms with Crippen LogP contribution in [0.15, 0.2) is 24.5 Å². The molecule has 0 saturated carbocycles. The molecule has 1 N–H and O–H groups in total. The van der Waals surface area contributed by atoms with Gasteiger partial charge in [0.1, 0.15) is 5.67 Å². The monoisotopic (exact) mass is 208 g/mol. The zero-order chi connectivity index (χ0) is 10.6. The summed E-state index contributed by atoms with van der Waals surface area (Å²) in [5.74, 6) is 0. The smallest absolute Gasteiger partial charge is 0.116 e. The number of aromatic nitrogens is 1. The van der Waals surface area contributed by atoms with Crippen LogP contribution in [0.25, 0.3) is 0 Å². The number of nitrogens with zero attached hydrogens (tertiary/aromatic N) is 1. The molecule has 2 rings (SSSR count). The Bertz CT molecular complexity index is 292. The normalized spacial score (nSPS) is 27.3. The van der Waals surface area contributed by atoms with Gasteiger partial charge < -0.3 is 5.32 Å². The molecule has 1 saturated heterocycles. The molecule has 1 aliphatic rings. The van der Waals surface area contributed by atoms with Crippen LogP contribution in [0.1, 0.15) is 24.8 Å². The van der Waals surface area contributed by atoms with Crippen molar-refractivity contribution in [3.05, 3.63) is 30.1 Å². The lowest BCUT2D eigenvalue weighted by atomic mass is 9.90. The second kappa shape index (κ2) is 4.71. The SMILES string of the molecule is FC1(Cc2cccnc2)CCCNCC1. The molecule has 0 spiro atoms. The fourth-order valence-corrected chi connectivity index (χ4v) is 2.14. The molecular weight excluding hydrogens is 191 g/mol. The van der Waals surface area contributed by atoms with Gasteiger partial charge >= 0.3 is 0 Å². The second-order valence-electron chi connectivity index (χ2n) is 4.29. The Morgan fingerprint density at radius 3 is 3.13 bits per heavy atom. The van der Waals surface area contributed by atoms with Gasteiger partial charge in [-0.25, -0.2) is 4.39 Å². The van der Waals surface area contributed by atoms with Gasteiger partial charge in [-0.1, -0.05) is 6.07 Å². The molecule has 2 nitrogen and oxygen atoms in total. The van der Waals surface area contributed by atoms with E-state index in [2.05, 4.69) is 10.3 Å². The lowest BCUT2D eigenvalue weighted by Crippen LogP contribution is -2.27. The van der Waals surface area contributed by atoms with Gasteiger partial charge in [0.15, 0.2) is 0 Å². The Kier molecular flexibility index (Phi) is 3.31.